The Labute approximate surface area is 126 Å². The van der Waals surface area contributed by atoms with Crippen molar-refractivity contribution in [3.63, 3.8) is 0 Å². The molecule has 2 aromatic heterocycles. The predicted octanol–water partition coefficient (Wildman–Crippen LogP) is 3.28. The second-order valence-corrected chi connectivity index (χ2v) is 5.06. The van der Waals surface area contributed by atoms with Crippen molar-refractivity contribution < 1.29 is 0 Å². The molecule has 1 aromatic carbocycles. The van der Waals surface area contributed by atoms with Gasteiger partial charge in [0.05, 0.1) is 0 Å². The SMILES string of the molecule is Cc1cc(C)nc(Nc2nnc(-c3ccc(Cl)cc3)[nH]2)n1. The van der Waals surface area contributed by atoms with Crippen LogP contribution in [0.5, 0.6) is 0 Å². The highest BCUT2D eigenvalue weighted by Gasteiger charge is 2.07. The van der Waals surface area contributed by atoms with Crippen molar-refractivity contribution in [3.05, 3.63) is 46.7 Å². The fourth-order valence-electron chi connectivity index (χ4n) is 1.94. The third-order valence-corrected chi connectivity index (χ3v) is 3.07. The summed E-state index contributed by atoms with van der Waals surface area (Å²) >= 11 is 5.87. The fourth-order valence-corrected chi connectivity index (χ4v) is 2.07. The van der Waals surface area contributed by atoms with Gasteiger partial charge in [0.1, 0.15) is 0 Å². The molecule has 0 radical (unpaired) electrons. The number of aryl methyl sites for hydroxylation is 2. The molecule has 0 bridgehead atoms. The molecule has 0 amide bonds. The molecular formula is C14H13ClN6. The second-order valence-electron chi connectivity index (χ2n) is 4.63. The van der Waals surface area contributed by atoms with Crippen molar-refractivity contribution in [2.45, 2.75) is 13.8 Å². The van der Waals surface area contributed by atoms with Gasteiger partial charge in [-0.25, -0.2) is 9.97 Å². The second kappa shape index (κ2) is 5.49. The minimum absolute atomic E-state index is 0.491. The van der Waals surface area contributed by atoms with Crippen LogP contribution in [0.2, 0.25) is 5.02 Å². The van der Waals surface area contributed by atoms with Gasteiger partial charge in [0.15, 0.2) is 5.82 Å². The third-order valence-electron chi connectivity index (χ3n) is 2.82. The van der Waals surface area contributed by atoms with Crippen LogP contribution in [0.3, 0.4) is 0 Å². The lowest BCUT2D eigenvalue weighted by Crippen LogP contribution is -2.01. The first kappa shape index (κ1) is 13.5. The summed E-state index contributed by atoms with van der Waals surface area (Å²) in [7, 11) is 0. The number of anilines is 2. The Morgan fingerprint density at radius 2 is 1.67 bits per heavy atom. The molecule has 0 saturated heterocycles. The van der Waals surface area contributed by atoms with Crippen LogP contribution in [0.1, 0.15) is 11.4 Å². The van der Waals surface area contributed by atoms with Gasteiger partial charge in [0.2, 0.25) is 11.9 Å². The van der Waals surface area contributed by atoms with Gasteiger partial charge in [-0.05, 0) is 44.2 Å². The third kappa shape index (κ3) is 3.17. The molecule has 2 N–H and O–H groups in total. The lowest BCUT2D eigenvalue weighted by Gasteiger charge is -2.02. The maximum Gasteiger partial charge on any atom is 0.230 e. The highest BCUT2D eigenvalue weighted by Crippen LogP contribution is 2.19. The molecule has 0 atom stereocenters. The number of nitrogens with one attached hydrogen (secondary N) is 2. The van der Waals surface area contributed by atoms with E-state index in [2.05, 4.69) is 30.5 Å². The first-order valence-corrected chi connectivity index (χ1v) is 6.76. The van der Waals surface area contributed by atoms with Crippen molar-refractivity contribution in [2.24, 2.45) is 0 Å². The van der Waals surface area contributed by atoms with E-state index in [9.17, 15) is 0 Å². The van der Waals surface area contributed by atoms with E-state index in [1.54, 1.807) is 12.1 Å². The molecule has 3 rings (SSSR count). The lowest BCUT2D eigenvalue weighted by atomic mass is 10.2. The van der Waals surface area contributed by atoms with Gasteiger partial charge in [-0.15, -0.1) is 10.2 Å². The summed E-state index contributed by atoms with van der Waals surface area (Å²) in [5.74, 6) is 1.63. The maximum absolute atomic E-state index is 5.87. The quantitative estimate of drug-likeness (QED) is 0.776. The van der Waals surface area contributed by atoms with Gasteiger partial charge in [0.25, 0.3) is 0 Å². The number of hydrogen-bond acceptors (Lipinski definition) is 5. The summed E-state index contributed by atoms with van der Waals surface area (Å²) < 4.78 is 0. The zero-order valence-electron chi connectivity index (χ0n) is 11.6. The number of H-pyrrole nitrogens is 1. The molecule has 106 valence electrons. The molecule has 0 aliphatic carbocycles. The van der Waals surface area contributed by atoms with E-state index >= 15 is 0 Å². The summed E-state index contributed by atoms with van der Waals surface area (Å²) in [6.45, 7) is 3.83. The van der Waals surface area contributed by atoms with Gasteiger partial charge < -0.3 is 4.98 Å². The van der Waals surface area contributed by atoms with Crippen LogP contribution in [0, 0.1) is 13.8 Å². The topological polar surface area (TPSA) is 79.4 Å². The Bertz CT molecular complexity index is 745. The number of halogens is 1. The summed E-state index contributed by atoms with van der Waals surface area (Å²) in [6.07, 6.45) is 0. The van der Waals surface area contributed by atoms with Crippen LogP contribution < -0.4 is 5.32 Å². The Balaban J connectivity index is 1.83. The Kier molecular flexibility index (Phi) is 3.53. The van der Waals surface area contributed by atoms with E-state index < -0.39 is 0 Å². The Morgan fingerprint density at radius 3 is 2.33 bits per heavy atom. The average Bonchev–Trinajstić information content (AvgIpc) is 2.87. The van der Waals surface area contributed by atoms with E-state index in [-0.39, 0.29) is 0 Å². The van der Waals surface area contributed by atoms with E-state index in [1.165, 1.54) is 0 Å². The number of benzene rings is 1. The van der Waals surface area contributed by atoms with Gasteiger partial charge in [-0.1, -0.05) is 11.6 Å². The van der Waals surface area contributed by atoms with Gasteiger partial charge >= 0.3 is 0 Å². The molecule has 0 spiro atoms. The molecule has 0 aliphatic rings. The Morgan fingerprint density at radius 1 is 1.00 bits per heavy atom. The van der Waals surface area contributed by atoms with Crippen molar-refractivity contribution >= 4 is 23.5 Å². The van der Waals surface area contributed by atoms with E-state index in [0.29, 0.717) is 22.7 Å². The van der Waals surface area contributed by atoms with Crippen LogP contribution in [-0.4, -0.2) is 25.1 Å². The van der Waals surface area contributed by atoms with Crippen molar-refractivity contribution in [3.8, 4) is 11.4 Å². The molecule has 0 saturated carbocycles. The maximum atomic E-state index is 5.87. The van der Waals surface area contributed by atoms with Crippen molar-refractivity contribution in [1.29, 1.82) is 0 Å². The van der Waals surface area contributed by atoms with Crippen molar-refractivity contribution in [2.75, 3.05) is 5.32 Å². The largest absolute Gasteiger partial charge is 0.307 e. The van der Waals surface area contributed by atoms with E-state index in [4.69, 9.17) is 11.6 Å². The first-order valence-electron chi connectivity index (χ1n) is 6.38. The van der Waals surface area contributed by atoms with E-state index in [0.717, 1.165) is 17.0 Å². The Hall–Kier alpha value is -2.47. The molecule has 21 heavy (non-hydrogen) atoms. The first-order chi connectivity index (χ1) is 10.1. The minimum atomic E-state index is 0.491. The summed E-state index contributed by atoms with van der Waals surface area (Å²) in [5, 5.41) is 11.8. The summed E-state index contributed by atoms with van der Waals surface area (Å²) in [5.41, 5.74) is 2.69. The van der Waals surface area contributed by atoms with Crippen LogP contribution in [0.4, 0.5) is 11.9 Å². The number of nitrogens with zero attached hydrogens (tertiary/aromatic N) is 4. The predicted molar refractivity (Wildman–Crippen MR) is 81.6 cm³/mol. The van der Waals surface area contributed by atoms with Gasteiger partial charge in [-0.2, -0.15) is 0 Å². The van der Waals surface area contributed by atoms with Gasteiger partial charge in [0, 0.05) is 22.0 Å². The molecule has 0 unspecified atom stereocenters. The van der Waals surface area contributed by atoms with Crippen LogP contribution in [-0.2, 0) is 0 Å². The number of aromatic amines is 1. The number of aromatic nitrogens is 5. The molecule has 0 aliphatic heterocycles. The highest BCUT2D eigenvalue weighted by atomic mass is 35.5. The number of rotatable bonds is 3. The van der Waals surface area contributed by atoms with Crippen LogP contribution >= 0.6 is 11.6 Å². The molecule has 2 heterocycles. The summed E-state index contributed by atoms with van der Waals surface area (Å²) in [4.78, 5) is 11.7. The minimum Gasteiger partial charge on any atom is -0.307 e. The highest BCUT2D eigenvalue weighted by molar-refractivity contribution is 6.30. The van der Waals surface area contributed by atoms with E-state index in [1.807, 2.05) is 32.0 Å². The zero-order valence-corrected chi connectivity index (χ0v) is 12.3. The molecule has 3 aromatic rings. The molecule has 0 fully saturated rings. The van der Waals surface area contributed by atoms with Crippen LogP contribution in [0.15, 0.2) is 30.3 Å². The molecular weight excluding hydrogens is 288 g/mol. The van der Waals surface area contributed by atoms with Gasteiger partial charge in [-0.3, -0.25) is 5.32 Å². The average molecular weight is 301 g/mol. The zero-order chi connectivity index (χ0) is 14.8. The molecule has 6 nitrogen and oxygen atoms in total. The lowest BCUT2D eigenvalue weighted by molar-refractivity contribution is 1.04. The number of hydrogen-bond donors (Lipinski definition) is 2. The summed E-state index contributed by atoms with van der Waals surface area (Å²) in [6, 6.07) is 9.27. The monoisotopic (exact) mass is 300 g/mol. The normalized spacial score (nSPS) is 10.6. The van der Waals surface area contributed by atoms with Crippen LogP contribution in [0.25, 0.3) is 11.4 Å². The fraction of sp³-hybridized carbons (Fsp3) is 0.143. The standard InChI is InChI=1S/C14H13ClN6/c1-8-7-9(2)17-13(16-8)19-14-18-12(20-21-14)10-3-5-11(15)6-4-10/h3-7H,1-2H3,(H2,16,17,18,19,20,21). The smallest absolute Gasteiger partial charge is 0.230 e. The molecule has 7 heteroatoms. The van der Waals surface area contributed by atoms with Crippen molar-refractivity contribution in [1.82, 2.24) is 25.1 Å².